The summed E-state index contributed by atoms with van der Waals surface area (Å²) in [6.45, 7) is -0.624. The fourth-order valence-electron chi connectivity index (χ4n) is 2.50. The van der Waals surface area contributed by atoms with E-state index in [4.69, 9.17) is 0 Å². The average Bonchev–Trinajstić information content (AvgIpc) is 2.92. The predicted molar refractivity (Wildman–Crippen MR) is 106 cm³/mol. The molecule has 2 N–H and O–H groups in total. The molecule has 2 aromatic carbocycles. The van der Waals surface area contributed by atoms with Gasteiger partial charge in [-0.25, -0.2) is 12.8 Å². The van der Waals surface area contributed by atoms with Crippen LogP contribution in [-0.4, -0.2) is 37.2 Å². The lowest BCUT2D eigenvalue weighted by atomic mass is 10.2. The number of nitrogens with one attached hydrogen (secondary N) is 1. The Morgan fingerprint density at radius 1 is 1.25 bits per heavy atom. The van der Waals surface area contributed by atoms with Crippen LogP contribution in [0.25, 0.3) is 10.9 Å². The molecule has 0 bridgehead atoms. The largest absolute Gasteiger partial charge is 0.493 e. The summed E-state index contributed by atoms with van der Waals surface area (Å²) >= 11 is 3.31. The van der Waals surface area contributed by atoms with Gasteiger partial charge in [0.2, 0.25) is 15.9 Å². The minimum Gasteiger partial charge on any atom is -0.493 e. The number of aromatic hydroxyl groups is 1. The lowest BCUT2D eigenvalue weighted by Crippen LogP contribution is -2.34. The molecule has 0 fully saturated rings. The van der Waals surface area contributed by atoms with E-state index < -0.39 is 28.3 Å². The number of hydrogen-bond acceptors (Lipinski definition) is 5. The maximum Gasteiger partial charge on any atom is 0.285 e. The standard InChI is InChI=1S/C17H14BrFN4O4S/c1-28(26,27)23(12-5-3-11(19)4-6-12)9-15(24)21-22-16-13-8-10(18)2-7-14(13)20-17(16)25/h2-8,20,25H,9H2,1H3. The molecule has 0 spiro atoms. The van der Waals surface area contributed by atoms with Gasteiger partial charge in [0.25, 0.3) is 5.91 Å². The van der Waals surface area contributed by atoms with Crippen LogP contribution in [0.15, 0.2) is 57.2 Å². The first kappa shape index (κ1) is 20.0. The molecule has 11 heteroatoms. The lowest BCUT2D eigenvalue weighted by molar-refractivity contribution is -0.116. The number of carbonyl (C=O) groups excluding carboxylic acids is 1. The third kappa shape index (κ3) is 4.37. The first-order valence-corrected chi connectivity index (χ1v) is 10.5. The van der Waals surface area contributed by atoms with Crippen LogP contribution < -0.4 is 4.31 Å². The van der Waals surface area contributed by atoms with Crippen LogP contribution in [0, 0.1) is 5.82 Å². The Balaban J connectivity index is 1.87. The van der Waals surface area contributed by atoms with E-state index in [-0.39, 0.29) is 17.3 Å². The molecular formula is C17H14BrFN4O4S. The van der Waals surface area contributed by atoms with Gasteiger partial charge in [-0.3, -0.25) is 9.10 Å². The van der Waals surface area contributed by atoms with Gasteiger partial charge < -0.3 is 10.1 Å². The van der Waals surface area contributed by atoms with E-state index in [0.29, 0.717) is 10.9 Å². The first-order valence-electron chi connectivity index (χ1n) is 7.83. The number of azo groups is 1. The van der Waals surface area contributed by atoms with Gasteiger partial charge in [-0.2, -0.15) is 0 Å². The molecule has 146 valence electrons. The Morgan fingerprint density at radius 2 is 1.93 bits per heavy atom. The SMILES string of the molecule is CS(=O)(=O)N(CC(=O)N=Nc1c(O)[nH]c2ccc(Br)cc12)c1ccc(F)cc1. The fourth-order valence-corrected chi connectivity index (χ4v) is 3.72. The number of aromatic nitrogens is 1. The Morgan fingerprint density at radius 3 is 2.57 bits per heavy atom. The van der Waals surface area contributed by atoms with Gasteiger partial charge in [0.1, 0.15) is 12.4 Å². The van der Waals surface area contributed by atoms with Crippen molar-refractivity contribution in [1.29, 1.82) is 0 Å². The number of amides is 1. The summed E-state index contributed by atoms with van der Waals surface area (Å²) in [5, 5.41) is 17.8. The molecule has 0 saturated carbocycles. The second-order valence-corrected chi connectivity index (χ2v) is 8.67. The van der Waals surface area contributed by atoms with E-state index in [1.54, 1.807) is 18.2 Å². The minimum atomic E-state index is -3.82. The van der Waals surface area contributed by atoms with Crippen LogP contribution in [-0.2, 0) is 14.8 Å². The highest BCUT2D eigenvalue weighted by Crippen LogP contribution is 2.36. The van der Waals surface area contributed by atoms with Gasteiger partial charge in [0.15, 0.2) is 5.69 Å². The number of rotatable bonds is 5. The van der Waals surface area contributed by atoms with Crippen LogP contribution >= 0.6 is 15.9 Å². The van der Waals surface area contributed by atoms with E-state index >= 15 is 0 Å². The monoisotopic (exact) mass is 468 g/mol. The molecule has 0 aliphatic rings. The van der Waals surface area contributed by atoms with Crippen molar-refractivity contribution in [3.05, 3.63) is 52.8 Å². The summed E-state index contributed by atoms with van der Waals surface area (Å²) in [4.78, 5) is 14.9. The van der Waals surface area contributed by atoms with Gasteiger partial charge >= 0.3 is 0 Å². The van der Waals surface area contributed by atoms with E-state index in [0.717, 1.165) is 27.2 Å². The third-order valence-corrected chi connectivity index (χ3v) is 5.40. The predicted octanol–water partition coefficient (Wildman–Crippen LogP) is 3.85. The zero-order valence-corrected chi connectivity index (χ0v) is 16.8. The number of sulfonamides is 1. The van der Waals surface area contributed by atoms with Crippen LogP contribution in [0.2, 0.25) is 0 Å². The van der Waals surface area contributed by atoms with Crippen molar-refractivity contribution in [2.75, 3.05) is 17.1 Å². The van der Waals surface area contributed by atoms with E-state index in [1.165, 1.54) is 12.1 Å². The smallest absolute Gasteiger partial charge is 0.285 e. The lowest BCUT2D eigenvalue weighted by Gasteiger charge is -2.20. The average molecular weight is 469 g/mol. The molecule has 0 radical (unpaired) electrons. The number of halogens is 2. The van der Waals surface area contributed by atoms with Gasteiger partial charge in [-0.15, -0.1) is 10.2 Å². The van der Waals surface area contributed by atoms with Crippen molar-refractivity contribution < 1.29 is 22.7 Å². The van der Waals surface area contributed by atoms with Crippen molar-refractivity contribution in [1.82, 2.24) is 4.98 Å². The summed E-state index contributed by atoms with van der Waals surface area (Å²) in [5.74, 6) is -1.68. The zero-order valence-electron chi connectivity index (χ0n) is 14.4. The van der Waals surface area contributed by atoms with Gasteiger partial charge in [0, 0.05) is 9.86 Å². The number of H-pyrrole nitrogens is 1. The van der Waals surface area contributed by atoms with Crippen molar-refractivity contribution in [3.63, 3.8) is 0 Å². The van der Waals surface area contributed by atoms with E-state index in [1.807, 2.05) is 0 Å². The molecule has 0 atom stereocenters. The molecule has 0 unspecified atom stereocenters. The molecule has 0 saturated heterocycles. The van der Waals surface area contributed by atoms with Gasteiger partial charge in [-0.1, -0.05) is 15.9 Å². The summed E-state index contributed by atoms with van der Waals surface area (Å²) < 4.78 is 38.6. The molecule has 3 aromatic rings. The topological polar surface area (TPSA) is 115 Å². The molecule has 28 heavy (non-hydrogen) atoms. The van der Waals surface area contributed by atoms with Crippen molar-refractivity contribution in [2.24, 2.45) is 10.2 Å². The van der Waals surface area contributed by atoms with Crippen LogP contribution in [0.3, 0.4) is 0 Å². The fraction of sp³-hybridized carbons (Fsp3) is 0.118. The molecule has 0 aliphatic heterocycles. The number of hydrogen-bond donors (Lipinski definition) is 2. The highest BCUT2D eigenvalue weighted by molar-refractivity contribution is 9.10. The quantitative estimate of drug-likeness (QED) is 0.553. The Kier molecular flexibility index (Phi) is 5.47. The molecule has 3 rings (SSSR count). The second-order valence-electron chi connectivity index (χ2n) is 5.85. The van der Waals surface area contributed by atoms with Crippen molar-refractivity contribution in [2.45, 2.75) is 0 Å². The van der Waals surface area contributed by atoms with E-state index in [9.17, 15) is 22.7 Å². The highest BCUT2D eigenvalue weighted by atomic mass is 79.9. The number of aromatic amines is 1. The minimum absolute atomic E-state index is 0.0531. The normalized spacial score (nSPS) is 12.0. The van der Waals surface area contributed by atoms with Gasteiger partial charge in [-0.05, 0) is 42.5 Å². The molecule has 1 amide bonds. The summed E-state index contributed by atoms with van der Waals surface area (Å²) in [6, 6.07) is 9.80. The number of carbonyl (C=O) groups is 1. The number of nitrogens with zero attached hydrogens (tertiary/aromatic N) is 3. The Bertz CT molecular complexity index is 1180. The van der Waals surface area contributed by atoms with Crippen molar-refractivity contribution >= 4 is 54.1 Å². The van der Waals surface area contributed by atoms with Crippen LogP contribution in [0.1, 0.15) is 0 Å². The molecule has 0 aliphatic carbocycles. The number of anilines is 1. The number of benzene rings is 2. The van der Waals surface area contributed by atoms with Crippen LogP contribution in [0.4, 0.5) is 15.8 Å². The summed E-state index contributed by atoms with van der Waals surface area (Å²) in [5.41, 5.74) is 0.759. The molecule has 8 nitrogen and oxygen atoms in total. The Labute approximate surface area is 167 Å². The van der Waals surface area contributed by atoms with E-state index in [2.05, 4.69) is 31.1 Å². The van der Waals surface area contributed by atoms with Crippen molar-refractivity contribution in [3.8, 4) is 5.88 Å². The molecule has 1 heterocycles. The summed E-state index contributed by atoms with van der Waals surface area (Å²) in [6.07, 6.45) is 0.920. The Hall–Kier alpha value is -2.79. The van der Waals surface area contributed by atoms with Crippen LogP contribution in [0.5, 0.6) is 5.88 Å². The second kappa shape index (κ2) is 7.68. The maximum atomic E-state index is 13.1. The highest BCUT2D eigenvalue weighted by Gasteiger charge is 2.21. The number of fused-ring (bicyclic) bond motifs is 1. The zero-order chi connectivity index (χ0) is 20.5. The third-order valence-electron chi connectivity index (χ3n) is 3.77. The molecular weight excluding hydrogens is 455 g/mol. The maximum absolute atomic E-state index is 13.1. The first-order chi connectivity index (χ1) is 13.1. The van der Waals surface area contributed by atoms with Gasteiger partial charge in [0.05, 0.1) is 17.5 Å². The summed E-state index contributed by atoms with van der Waals surface area (Å²) in [7, 11) is -3.82. The molecule has 1 aromatic heterocycles.